The fourth-order valence-corrected chi connectivity index (χ4v) is 3.69. The summed E-state index contributed by atoms with van der Waals surface area (Å²) in [4.78, 5) is 13.3. The van der Waals surface area contributed by atoms with Crippen LogP contribution in [0.4, 0.5) is 8.78 Å². The summed E-state index contributed by atoms with van der Waals surface area (Å²) in [7, 11) is 0. The second kappa shape index (κ2) is 7.38. The lowest BCUT2D eigenvalue weighted by Gasteiger charge is -2.06. The predicted octanol–water partition coefficient (Wildman–Crippen LogP) is 4.41. The van der Waals surface area contributed by atoms with Crippen molar-refractivity contribution in [1.29, 1.82) is 0 Å². The summed E-state index contributed by atoms with van der Waals surface area (Å²) in [6, 6.07) is 3.73. The lowest BCUT2D eigenvalue weighted by molar-refractivity contribution is 0.0566. The van der Waals surface area contributed by atoms with Crippen LogP contribution in [0.5, 0.6) is 0 Å². The van der Waals surface area contributed by atoms with E-state index in [1.807, 2.05) is 30.7 Å². The first-order chi connectivity index (χ1) is 15.0. The Bertz CT molecular complexity index is 1350. The maximum Gasteiger partial charge on any atom is 0.333 e. The SMILES string of the molecule is Cc1noc(C)c1-c1cnc2c(-c3cnn(C(F)F)c3)cn(Cc3ncccn3)c2c1. The van der Waals surface area contributed by atoms with Crippen LogP contribution in [0.25, 0.3) is 33.3 Å². The topological polar surface area (TPSA) is 87.5 Å². The summed E-state index contributed by atoms with van der Waals surface area (Å²) in [5.74, 6) is 1.32. The number of hydrogen-bond donors (Lipinski definition) is 0. The van der Waals surface area contributed by atoms with Gasteiger partial charge in [-0.05, 0) is 26.0 Å². The standard InChI is InChI=1S/C21H17F2N7O/c1-12-19(13(2)31-28-12)14-6-17-20(26-7-14)16(15-8-27-30(9-15)21(22)23)10-29(17)11-18-24-4-3-5-25-18/h3-10,21H,11H2,1-2H3. The zero-order chi connectivity index (χ0) is 21.5. The van der Waals surface area contributed by atoms with Gasteiger partial charge in [0.2, 0.25) is 0 Å². The summed E-state index contributed by atoms with van der Waals surface area (Å²) in [6.45, 7) is 1.41. The van der Waals surface area contributed by atoms with E-state index >= 15 is 0 Å². The summed E-state index contributed by atoms with van der Waals surface area (Å²) in [5.41, 5.74) is 5.22. The van der Waals surface area contributed by atoms with Crippen molar-refractivity contribution in [2.24, 2.45) is 0 Å². The van der Waals surface area contributed by atoms with E-state index in [0.29, 0.717) is 39.5 Å². The molecule has 0 saturated carbocycles. The van der Waals surface area contributed by atoms with Crippen molar-refractivity contribution in [3.8, 4) is 22.3 Å². The van der Waals surface area contributed by atoms with Crippen molar-refractivity contribution in [2.75, 3.05) is 0 Å². The molecule has 5 aromatic rings. The molecule has 0 aromatic carbocycles. The molecule has 0 N–H and O–H groups in total. The Morgan fingerprint density at radius 2 is 1.84 bits per heavy atom. The van der Waals surface area contributed by atoms with Gasteiger partial charge in [0.15, 0.2) is 0 Å². The molecule has 8 nitrogen and oxygen atoms in total. The van der Waals surface area contributed by atoms with Crippen LogP contribution in [-0.4, -0.2) is 34.5 Å². The van der Waals surface area contributed by atoms with E-state index in [4.69, 9.17) is 4.52 Å². The maximum atomic E-state index is 13.0. The third kappa shape index (κ3) is 3.35. The van der Waals surface area contributed by atoms with E-state index < -0.39 is 6.55 Å². The van der Waals surface area contributed by atoms with Gasteiger partial charge in [0.1, 0.15) is 11.6 Å². The summed E-state index contributed by atoms with van der Waals surface area (Å²) < 4.78 is 33.9. The Morgan fingerprint density at radius 3 is 2.52 bits per heavy atom. The largest absolute Gasteiger partial charge is 0.361 e. The van der Waals surface area contributed by atoms with Crippen LogP contribution in [-0.2, 0) is 6.54 Å². The lowest BCUT2D eigenvalue weighted by atomic mass is 10.1. The van der Waals surface area contributed by atoms with E-state index in [-0.39, 0.29) is 0 Å². The quantitative estimate of drug-likeness (QED) is 0.418. The van der Waals surface area contributed by atoms with Gasteiger partial charge in [-0.1, -0.05) is 5.16 Å². The molecule has 31 heavy (non-hydrogen) atoms. The molecule has 5 heterocycles. The van der Waals surface area contributed by atoms with Gasteiger partial charge in [-0.15, -0.1) is 0 Å². The first kappa shape index (κ1) is 19.0. The van der Waals surface area contributed by atoms with E-state index in [1.54, 1.807) is 24.7 Å². The number of pyridine rings is 1. The monoisotopic (exact) mass is 421 g/mol. The number of aromatic nitrogens is 7. The van der Waals surface area contributed by atoms with Gasteiger partial charge in [0, 0.05) is 53.2 Å². The molecule has 0 unspecified atom stereocenters. The molecule has 10 heteroatoms. The Hall–Kier alpha value is -3.95. The molecule has 0 spiro atoms. The second-order valence-electron chi connectivity index (χ2n) is 7.11. The molecule has 0 radical (unpaired) electrons. The molecule has 5 rings (SSSR count). The van der Waals surface area contributed by atoms with E-state index in [1.165, 1.54) is 12.4 Å². The molecule has 0 saturated heterocycles. The van der Waals surface area contributed by atoms with Crippen molar-refractivity contribution in [2.45, 2.75) is 26.9 Å². The van der Waals surface area contributed by atoms with Crippen LogP contribution in [0.2, 0.25) is 0 Å². The molecular formula is C21H17F2N7O. The lowest BCUT2D eigenvalue weighted by Crippen LogP contribution is -2.02. The average Bonchev–Trinajstić information content (AvgIpc) is 3.47. The van der Waals surface area contributed by atoms with Gasteiger partial charge < -0.3 is 9.09 Å². The fraction of sp³-hybridized carbons (Fsp3) is 0.190. The molecule has 0 aliphatic heterocycles. The first-order valence-corrected chi connectivity index (χ1v) is 9.52. The average molecular weight is 421 g/mol. The van der Waals surface area contributed by atoms with Crippen molar-refractivity contribution in [1.82, 2.24) is 34.5 Å². The van der Waals surface area contributed by atoms with E-state index in [0.717, 1.165) is 22.3 Å². The van der Waals surface area contributed by atoms with Gasteiger partial charge >= 0.3 is 6.55 Å². The zero-order valence-electron chi connectivity index (χ0n) is 16.7. The van der Waals surface area contributed by atoms with Gasteiger partial charge in [-0.2, -0.15) is 13.9 Å². The van der Waals surface area contributed by atoms with E-state index in [2.05, 4.69) is 25.2 Å². The van der Waals surface area contributed by atoms with Gasteiger partial charge in [-0.25, -0.2) is 14.6 Å². The van der Waals surface area contributed by atoms with Gasteiger partial charge in [0.25, 0.3) is 0 Å². The van der Waals surface area contributed by atoms with Crippen molar-refractivity contribution < 1.29 is 13.3 Å². The summed E-state index contributed by atoms with van der Waals surface area (Å²) in [6.07, 6.45) is 9.67. The number of aryl methyl sites for hydroxylation is 2. The van der Waals surface area contributed by atoms with Crippen LogP contribution in [0.15, 0.2) is 53.8 Å². The minimum atomic E-state index is -2.71. The highest BCUT2D eigenvalue weighted by Crippen LogP contribution is 2.34. The summed E-state index contributed by atoms with van der Waals surface area (Å²) >= 11 is 0. The van der Waals surface area contributed by atoms with Crippen molar-refractivity contribution in [3.05, 3.63) is 66.6 Å². The number of rotatable bonds is 5. The normalized spacial score (nSPS) is 11.6. The highest BCUT2D eigenvalue weighted by molar-refractivity contribution is 5.94. The van der Waals surface area contributed by atoms with Crippen molar-refractivity contribution >= 4 is 11.0 Å². The molecule has 0 atom stereocenters. The zero-order valence-corrected chi connectivity index (χ0v) is 16.7. The molecule has 0 amide bonds. The highest BCUT2D eigenvalue weighted by Gasteiger charge is 2.19. The van der Waals surface area contributed by atoms with Crippen LogP contribution in [0.3, 0.4) is 0 Å². The molecule has 0 aliphatic carbocycles. The number of alkyl halides is 2. The van der Waals surface area contributed by atoms with E-state index in [9.17, 15) is 8.78 Å². The molecule has 156 valence electrons. The second-order valence-corrected chi connectivity index (χ2v) is 7.11. The minimum absolute atomic E-state index is 0.396. The molecule has 0 bridgehead atoms. The fourth-order valence-electron chi connectivity index (χ4n) is 3.69. The number of fused-ring (bicyclic) bond motifs is 1. The van der Waals surface area contributed by atoms with Gasteiger partial charge in [-0.3, -0.25) is 4.98 Å². The van der Waals surface area contributed by atoms with Gasteiger partial charge in [0.05, 0.1) is 29.5 Å². The molecule has 0 fully saturated rings. The molecule has 5 aromatic heterocycles. The Kier molecular flexibility index (Phi) is 4.54. The minimum Gasteiger partial charge on any atom is -0.361 e. The number of hydrogen-bond acceptors (Lipinski definition) is 6. The van der Waals surface area contributed by atoms with Crippen molar-refractivity contribution in [3.63, 3.8) is 0 Å². The van der Waals surface area contributed by atoms with Crippen LogP contribution < -0.4 is 0 Å². The third-order valence-electron chi connectivity index (χ3n) is 5.08. The van der Waals surface area contributed by atoms with Crippen LogP contribution in [0, 0.1) is 13.8 Å². The smallest absolute Gasteiger partial charge is 0.333 e. The summed E-state index contributed by atoms with van der Waals surface area (Å²) in [5, 5.41) is 7.78. The Balaban J connectivity index is 1.69. The van der Waals surface area contributed by atoms with Crippen LogP contribution >= 0.6 is 0 Å². The Labute approximate surface area is 175 Å². The molecular weight excluding hydrogens is 404 g/mol. The Morgan fingerprint density at radius 1 is 1.03 bits per heavy atom. The predicted molar refractivity (Wildman–Crippen MR) is 108 cm³/mol. The first-order valence-electron chi connectivity index (χ1n) is 9.52. The maximum absolute atomic E-state index is 13.0. The highest BCUT2D eigenvalue weighted by atomic mass is 19.3. The number of halogens is 2. The van der Waals surface area contributed by atoms with Crippen LogP contribution in [0.1, 0.15) is 23.8 Å². The third-order valence-corrected chi connectivity index (χ3v) is 5.08. The molecule has 0 aliphatic rings. The number of nitrogens with zero attached hydrogens (tertiary/aromatic N) is 7.